The van der Waals surface area contributed by atoms with E-state index in [1.165, 1.54) is 0 Å². The van der Waals surface area contributed by atoms with Gasteiger partial charge in [-0.3, -0.25) is 0 Å². The number of halogens is 1. The van der Waals surface area contributed by atoms with Crippen molar-refractivity contribution in [1.82, 2.24) is 19.5 Å². The summed E-state index contributed by atoms with van der Waals surface area (Å²) in [5.41, 5.74) is 1.60. The number of fused-ring (bicyclic) bond motifs is 1. The Morgan fingerprint density at radius 1 is 1.37 bits per heavy atom. The van der Waals surface area contributed by atoms with Crippen LogP contribution < -0.4 is 4.90 Å². The molecule has 0 spiro atoms. The summed E-state index contributed by atoms with van der Waals surface area (Å²) >= 11 is 6.03. The Bertz CT molecular complexity index is 565. The van der Waals surface area contributed by atoms with Crippen molar-refractivity contribution in [2.75, 3.05) is 11.4 Å². The lowest BCUT2D eigenvalue weighted by molar-refractivity contribution is 0.604. The third kappa shape index (κ3) is 2.66. The molecule has 104 valence electrons. The predicted octanol–water partition coefficient (Wildman–Crippen LogP) is 3.03. The van der Waals surface area contributed by atoms with Crippen LogP contribution in [0.3, 0.4) is 0 Å². The van der Waals surface area contributed by atoms with E-state index in [0.29, 0.717) is 11.7 Å². The first-order valence-corrected chi connectivity index (χ1v) is 7.07. The third-order valence-corrected chi connectivity index (χ3v) is 3.55. The highest BCUT2D eigenvalue weighted by Gasteiger charge is 2.20. The Labute approximate surface area is 118 Å². The number of hydrogen-bond donors (Lipinski definition) is 0. The zero-order chi connectivity index (χ0) is 14.0. The van der Waals surface area contributed by atoms with Gasteiger partial charge in [-0.25, -0.2) is 4.98 Å². The van der Waals surface area contributed by atoms with Crippen LogP contribution in [-0.2, 0) is 7.05 Å². The lowest BCUT2D eigenvalue weighted by atomic mass is 10.2. The molecule has 0 amide bonds. The molecule has 2 heterocycles. The highest BCUT2D eigenvalue weighted by Crippen LogP contribution is 2.26. The van der Waals surface area contributed by atoms with E-state index >= 15 is 0 Å². The number of imidazole rings is 1. The smallest absolute Gasteiger partial charge is 0.226 e. The van der Waals surface area contributed by atoms with Crippen molar-refractivity contribution < 1.29 is 0 Å². The van der Waals surface area contributed by atoms with Crippen molar-refractivity contribution in [3.63, 3.8) is 0 Å². The normalized spacial score (nSPS) is 12.9. The first-order chi connectivity index (χ1) is 9.08. The molecule has 0 fully saturated rings. The second-order valence-corrected chi connectivity index (χ2v) is 5.13. The maximum absolute atomic E-state index is 6.03. The van der Waals surface area contributed by atoms with E-state index in [-0.39, 0.29) is 5.28 Å². The standard InChI is InChI=1S/C13H20ClN5/c1-5-7-19(9(3)6-2)12-10-11(15-8-18(10)4)16-13(14)17-12/h8-9H,5-7H2,1-4H3. The Balaban J connectivity index is 2.60. The highest BCUT2D eigenvalue weighted by atomic mass is 35.5. The number of anilines is 1. The Morgan fingerprint density at radius 2 is 2.11 bits per heavy atom. The molecule has 5 nitrogen and oxygen atoms in total. The molecule has 0 N–H and O–H groups in total. The molecule has 19 heavy (non-hydrogen) atoms. The summed E-state index contributed by atoms with van der Waals surface area (Å²) in [4.78, 5) is 15.2. The molecule has 2 aromatic rings. The molecular formula is C13H20ClN5. The summed E-state index contributed by atoms with van der Waals surface area (Å²) in [7, 11) is 1.96. The van der Waals surface area contributed by atoms with Crippen molar-refractivity contribution in [2.45, 2.75) is 39.7 Å². The zero-order valence-electron chi connectivity index (χ0n) is 11.9. The average molecular weight is 282 g/mol. The van der Waals surface area contributed by atoms with Gasteiger partial charge in [0.25, 0.3) is 0 Å². The molecule has 2 rings (SSSR count). The van der Waals surface area contributed by atoms with E-state index in [9.17, 15) is 0 Å². The van der Waals surface area contributed by atoms with Crippen LogP contribution in [0.2, 0.25) is 5.28 Å². The predicted molar refractivity (Wildman–Crippen MR) is 78.7 cm³/mol. The van der Waals surface area contributed by atoms with Crippen molar-refractivity contribution in [3.05, 3.63) is 11.6 Å². The molecule has 0 aliphatic heterocycles. The van der Waals surface area contributed by atoms with Gasteiger partial charge in [-0.1, -0.05) is 13.8 Å². The van der Waals surface area contributed by atoms with Crippen LogP contribution >= 0.6 is 11.6 Å². The fourth-order valence-corrected chi connectivity index (χ4v) is 2.37. The minimum absolute atomic E-state index is 0.255. The van der Waals surface area contributed by atoms with Crippen LogP contribution in [0.15, 0.2) is 6.33 Å². The van der Waals surface area contributed by atoms with Gasteiger partial charge < -0.3 is 9.47 Å². The van der Waals surface area contributed by atoms with Crippen LogP contribution in [0.4, 0.5) is 5.82 Å². The summed E-state index contributed by atoms with van der Waals surface area (Å²) < 4.78 is 1.95. The van der Waals surface area contributed by atoms with Crippen LogP contribution in [0.5, 0.6) is 0 Å². The molecule has 0 radical (unpaired) electrons. The van der Waals surface area contributed by atoms with Gasteiger partial charge in [0.1, 0.15) is 5.52 Å². The zero-order valence-corrected chi connectivity index (χ0v) is 12.6. The first kappa shape index (κ1) is 14.1. The minimum Gasteiger partial charge on any atom is -0.352 e. The number of hydrogen-bond acceptors (Lipinski definition) is 4. The molecule has 0 aliphatic carbocycles. The summed E-state index contributed by atoms with van der Waals surface area (Å²) in [5.74, 6) is 0.881. The van der Waals surface area contributed by atoms with Gasteiger partial charge in [0.05, 0.1) is 6.33 Å². The molecular weight excluding hydrogens is 262 g/mol. The number of rotatable bonds is 5. The van der Waals surface area contributed by atoms with Gasteiger partial charge in [-0.2, -0.15) is 9.97 Å². The van der Waals surface area contributed by atoms with Gasteiger partial charge in [-0.05, 0) is 31.4 Å². The second kappa shape index (κ2) is 5.74. The van der Waals surface area contributed by atoms with Crippen LogP contribution in [0.25, 0.3) is 11.2 Å². The summed E-state index contributed by atoms with van der Waals surface area (Å²) in [6.45, 7) is 7.49. The van der Waals surface area contributed by atoms with E-state index in [1.807, 2.05) is 11.6 Å². The highest BCUT2D eigenvalue weighted by molar-refractivity contribution is 6.28. The monoisotopic (exact) mass is 281 g/mol. The van der Waals surface area contributed by atoms with Crippen LogP contribution in [-0.4, -0.2) is 32.1 Å². The molecule has 0 saturated carbocycles. The minimum atomic E-state index is 0.255. The number of aromatic nitrogens is 4. The maximum Gasteiger partial charge on any atom is 0.226 e. The number of aryl methyl sites for hydroxylation is 1. The quantitative estimate of drug-likeness (QED) is 0.791. The fraction of sp³-hybridized carbons (Fsp3) is 0.615. The van der Waals surface area contributed by atoms with Crippen molar-refractivity contribution >= 4 is 28.6 Å². The van der Waals surface area contributed by atoms with Crippen molar-refractivity contribution in [1.29, 1.82) is 0 Å². The van der Waals surface area contributed by atoms with Gasteiger partial charge in [0, 0.05) is 19.6 Å². The molecule has 0 bridgehead atoms. The Kier molecular flexibility index (Phi) is 4.24. The lowest BCUT2D eigenvalue weighted by Crippen LogP contribution is -2.34. The van der Waals surface area contributed by atoms with E-state index in [0.717, 1.165) is 30.7 Å². The first-order valence-electron chi connectivity index (χ1n) is 6.69. The average Bonchev–Trinajstić information content (AvgIpc) is 2.76. The topological polar surface area (TPSA) is 46.8 Å². The molecule has 1 atom stereocenters. The van der Waals surface area contributed by atoms with Crippen LogP contribution in [0.1, 0.15) is 33.6 Å². The van der Waals surface area contributed by atoms with Gasteiger partial charge in [0.15, 0.2) is 11.5 Å². The SMILES string of the molecule is CCCN(c1nc(Cl)nc2ncn(C)c12)C(C)CC. The Hall–Kier alpha value is -1.36. The van der Waals surface area contributed by atoms with E-state index in [4.69, 9.17) is 11.6 Å². The Morgan fingerprint density at radius 3 is 2.74 bits per heavy atom. The summed E-state index contributed by atoms with van der Waals surface area (Å²) in [5, 5.41) is 0.255. The molecule has 6 heteroatoms. The fourth-order valence-electron chi connectivity index (χ4n) is 2.21. The van der Waals surface area contributed by atoms with Gasteiger partial charge in [-0.15, -0.1) is 0 Å². The van der Waals surface area contributed by atoms with Gasteiger partial charge >= 0.3 is 0 Å². The molecule has 1 unspecified atom stereocenters. The third-order valence-electron chi connectivity index (χ3n) is 3.39. The second-order valence-electron chi connectivity index (χ2n) is 4.79. The van der Waals surface area contributed by atoms with Crippen molar-refractivity contribution in [3.8, 4) is 0 Å². The summed E-state index contributed by atoms with van der Waals surface area (Å²) in [6.07, 6.45) is 3.87. The van der Waals surface area contributed by atoms with Crippen molar-refractivity contribution in [2.24, 2.45) is 7.05 Å². The maximum atomic E-state index is 6.03. The molecule has 2 aromatic heterocycles. The lowest BCUT2D eigenvalue weighted by Gasteiger charge is -2.29. The molecule has 0 saturated heterocycles. The van der Waals surface area contributed by atoms with Crippen LogP contribution in [0, 0.1) is 0 Å². The number of nitrogens with zero attached hydrogens (tertiary/aromatic N) is 5. The van der Waals surface area contributed by atoms with Gasteiger partial charge in [0.2, 0.25) is 5.28 Å². The van der Waals surface area contributed by atoms with E-state index < -0.39 is 0 Å². The molecule has 0 aromatic carbocycles. The van der Waals surface area contributed by atoms with E-state index in [2.05, 4.69) is 40.6 Å². The summed E-state index contributed by atoms with van der Waals surface area (Å²) in [6, 6.07) is 0.406. The largest absolute Gasteiger partial charge is 0.352 e. The molecule has 0 aliphatic rings. The van der Waals surface area contributed by atoms with E-state index in [1.54, 1.807) is 6.33 Å².